The van der Waals surface area contributed by atoms with Crippen LogP contribution >= 0.6 is 0 Å². The van der Waals surface area contributed by atoms with E-state index in [0.29, 0.717) is 0 Å². The van der Waals surface area contributed by atoms with E-state index in [0.717, 1.165) is 0 Å². The second kappa shape index (κ2) is 5.45. The molecule has 0 saturated heterocycles. The van der Waals surface area contributed by atoms with Crippen LogP contribution in [0.1, 0.15) is 13.3 Å². The van der Waals surface area contributed by atoms with Gasteiger partial charge in [0.25, 0.3) is 0 Å². The van der Waals surface area contributed by atoms with Gasteiger partial charge in [-0.1, -0.05) is 6.92 Å². The minimum absolute atomic E-state index is 0.274. The first-order chi connectivity index (χ1) is 5.54. The third-order valence-corrected chi connectivity index (χ3v) is 1.74. The summed E-state index contributed by atoms with van der Waals surface area (Å²) in [6, 6.07) is 0. The van der Waals surface area contributed by atoms with E-state index in [2.05, 4.69) is 0 Å². The second-order valence-corrected chi connectivity index (χ2v) is 2.71. The smallest absolute Gasteiger partial charge is 0.110 e. The molecule has 0 amide bonds. The Morgan fingerprint density at radius 1 is 0.917 bits per heavy atom. The summed E-state index contributed by atoms with van der Waals surface area (Å²) in [5, 5.41) is 44.5. The van der Waals surface area contributed by atoms with Crippen molar-refractivity contribution in [1.82, 2.24) is 0 Å². The van der Waals surface area contributed by atoms with Gasteiger partial charge in [0.05, 0.1) is 12.7 Å². The topological polar surface area (TPSA) is 101 Å². The predicted molar refractivity (Wildman–Crippen MR) is 41.4 cm³/mol. The fourth-order valence-corrected chi connectivity index (χ4v) is 0.805. The van der Waals surface area contributed by atoms with Gasteiger partial charge < -0.3 is 25.5 Å². The Hall–Kier alpha value is -0.200. The number of aliphatic hydroxyl groups is 5. The lowest BCUT2D eigenvalue weighted by atomic mass is 10.0. The molecule has 0 unspecified atom stereocenters. The average molecular weight is 180 g/mol. The summed E-state index contributed by atoms with van der Waals surface area (Å²) >= 11 is 0. The van der Waals surface area contributed by atoms with Crippen LogP contribution in [0, 0.1) is 0 Å². The predicted octanol–water partition coefficient (Wildman–Crippen LogP) is -2.17. The highest BCUT2D eigenvalue weighted by Crippen LogP contribution is 2.06. The highest BCUT2D eigenvalue weighted by atomic mass is 16.4. The van der Waals surface area contributed by atoms with Gasteiger partial charge in [0, 0.05) is 0 Å². The van der Waals surface area contributed by atoms with E-state index < -0.39 is 31.0 Å². The minimum atomic E-state index is -1.51. The third kappa shape index (κ3) is 3.04. The van der Waals surface area contributed by atoms with Crippen molar-refractivity contribution >= 4 is 0 Å². The van der Waals surface area contributed by atoms with Crippen LogP contribution in [0.4, 0.5) is 0 Å². The maximum atomic E-state index is 9.12. The van der Waals surface area contributed by atoms with Gasteiger partial charge in [-0.2, -0.15) is 0 Å². The van der Waals surface area contributed by atoms with Crippen LogP contribution < -0.4 is 0 Å². The molecule has 0 heterocycles. The molecule has 0 saturated carbocycles. The molecule has 0 radical (unpaired) electrons. The number of hydrogen-bond donors (Lipinski definition) is 5. The molecule has 12 heavy (non-hydrogen) atoms. The van der Waals surface area contributed by atoms with Crippen molar-refractivity contribution in [3.8, 4) is 0 Å². The standard InChI is InChI=1S/C7H16O5/c1-2-4(9)6(11)7(12)5(10)3-8/h4-12H,2-3H2,1H3/t4-,5+,6+,7-/m0/s1. The fraction of sp³-hybridized carbons (Fsp3) is 1.00. The number of rotatable bonds is 5. The molecule has 0 aromatic rings. The summed E-state index contributed by atoms with van der Waals surface area (Å²) in [7, 11) is 0. The van der Waals surface area contributed by atoms with Crippen molar-refractivity contribution in [1.29, 1.82) is 0 Å². The molecule has 0 aliphatic rings. The van der Waals surface area contributed by atoms with Crippen molar-refractivity contribution in [3.05, 3.63) is 0 Å². The first kappa shape index (κ1) is 11.8. The van der Waals surface area contributed by atoms with E-state index in [1.54, 1.807) is 6.92 Å². The first-order valence-electron chi connectivity index (χ1n) is 3.87. The average Bonchev–Trinajstić information content (AvgIpc) is 2.12. The van der Waals surface area contributed by atoms with Crippen molar-refractivity contribution in [2.75, 3.05) is 6.61 Å². The van der Waals surface area contributed by atoms with Crippen LogP contribution in [0.25, 0.3) is 0 Å². The van der Waals surface area contributed by atoms with Crippen LogP contribution in [-0.2, 0) is 0 Å². The molecule has 0 fully saturated rings. The van der Waals surface area contributed by atoms with Gasteiger partial charge >= 0.3 is 0 Å². The molecular formula is C7H16O5. The van der Waals surface area contributed by atoms with Crippen LogP contribution in [0.3, 0.4) is 0 Å². The van der Waals surface area contributed by atoms with E-state index in [1.165, 1.54) is 0 Å². The Morgan fingerprint density at radius 3 is 1.67 bits per heavy atom. The van der Waals surface area contributed by atoms with Crippen molar-refractivity contribution in [3.63, 3.8) is 0 Å². The quantitative estimate of drug-likeness (QED) is 0.331. The summed E-state index contributed by atoms with van der Waals surface area (Å²) in [5.41, 5.74) is 0. The summed E-state index contributed by atoms with van der Waals surface area (Å²) < 4.78 is 0. The molecule has 0 aromatic carbocycles. The molecule has 5 nitrogen and oxygen atoms in total. The second-order valence-electron chi connectivity index (χ2n) is 2.71. The zero-order valence-corrected chi connectivity index (χ0v) is 6.96. The molecular weight excluding hydrogens is 164 g/mol. The van der Waals surface area contributed by atoms with E-state index >= 15 is 0 Å². The van der Waals surface area contributed by atoms with Crippen LogP contribution in [0.2, 0.25) is 0 Å². The van der Waals surface area contributed by atoms with E-state index in [-0.39, 0.29) is 6.42 Å². The number of aliphatic hydroxyl groups excluding tert-OH is 5. The maximum absolute atomic E-state index is 9.12. The van der Waals surface area contributed by atoms with E-state index in [4.69, 9.17) is 25.5 Å². The third-order valence-electron chi connectivity index (χ3n) is 1.74. The SMILES string of the molecule is CC[C@H](O)[C@@H](O)[C@@H](O)[C@H](O)CO. The van der Waals surface area contributed by atoms with Gasteiger partial charge in [0.2, 0.25) is 0 Å². The summed E-state index contributed by atoms with van der Waals surface area (Å²) in [4.78, 5) is 0. The molecule has 0 rings (SSSR count). The molecule has 0 aliphatic carbocycles. The van der Waals surface area contributed by atoms with Gasteiger partial charge in [0.15, 0.2) is 0 Å². The highest BCUT2D eigenvalue weighted by Gasteiger charge is 2.28. The Labute approximate surface area is 70.9 Å². The van der Waals surface area contributed by atoms with Gasteiger partial charge in [-0.15, -0.1) is 0 Å². The Bertz CT molecular complexity index is 104. The zero-order valence-electron chi connectivity index (χ0n) is 6.96. The summed E-state index contributed by atoms with van der Waals surface area (Å²) in [5.74, 6) is 0. The highest BCUT2D eigenvalue weighted by molar-refractivity contribution is 4.79. The molecule has 0 spiro atoms. The van der Waals surface area contributed by atoms with Crippen molar-refractivity contribution in [2.45, 2.75) is 37.8 Å². The Morgan fingerprint density at radius 2 is 1.33 bits per heavy atom. The zero-order chi connectivity index (χ0) is 9.72. The Balaban J connectivity index is 3.99. The van der Waals surface area contributed by atoms with Crippen LogP contribution in [0.5, 0.6) is 0 Å². The van der Waals surface area contributed by atoms with Crippen molar-refractivity contribution in [2.24, 2.45) is 0 Å². The lowest BCUT2D eigenvalue weighted by Gasteiger charge is -2.24. The van der Waals surface area contributed by atoms with E-state index in [9.17, 15) is 0 Å². The molecule has 0 bridgehead atoms. The normalized spacial score (nSPS) is 21.5. The minimum Gasteiger partial charge on any atom is -0.394 e. The summed E-state index contributed by atoms with van der Waals surface area (Å²) in [6.07, 6.45) is -5.15. The maximum Gasteiger partial charge on any atom is 0.110 e. The van der Waals surface area contributed by atoms with Gasteiger partial charge in [-0.25, -0.2) is 0 Å². The van der Waals surface area contributed by atoms with Crippen molar-refractivity contribution < 1.29 is 25.5 Å². The lowest BCUT2D eigenvalue weighted by Crippen LogP contribution is -2.45. The molecule has 5 N–H and O–H groups in total. The molecule has 5 heteroatoms. The lowest BCUT2D eigenvalue weighted by molar-refractivity contribution is -0.115. The monoisotopic (exact) mass is 180 g/mol. The van der Waals surface area contributed by atoms with Crippen LogP contribution in [-0.4, -0.2) is 56.6 Å². The number of hydrogen-bond acceptors (Lipinski definition) is 5. The largest absolute Gasteiger partial charge is 0.394 e. The summed E-state index contributed by atoms with van der Waals surface area (Å²) in [6.45, 7) is 0.987. The van der Waals surface area contributed by atoms with Gasteiger partial charge in [-0.3, -0.25) is 0 Å². The van der Waals surface area contributed by atoms with Gasteiger partial charge in [-0.05, 0) is 6.42 Å². The Kier molecular flexibility index (Phi) is 5.36. The van der Waals surface area contributed by atoms with E-state index in [1.807, 2.05) is 0 Å². The molecule has 74 valence electrons. The molecule has 0 aliphatic heterocycles. The molecule has 4 atom stereocenters. The first-order valence-corrected chi connectivity index (χ1v) is 3.87. The van der Waals surface area contributed by atoms with Gasteiger partial charge in [0.1, 0.15) is 18.3 Å². The van der Waals surface area contributed by atoms with Crippen LogP contribution in [0.15, 0.2) is 0 Å². The fourth-order valence-electron chi connectivity index (χ4n) is 0.805. The molecule has 0 aromatic heterocycles.